The highest BCUT2D eigenvalue weighted by atomic mass is 35.5. The zero-order valence-electron chi connectivity index (χ0n) is 11.0. The summed E-state index contributed by atoms with van der Waals surface area (Å²) in [6, 6.07) is 5.99. The first-order valence-electron chi connectivity index (χ1n) is 6.52. The highest BCUT2D eigenvalue weighted by molar-refractivity contribution is 6.31. The fourth-order valence-corrected chi connectivity index (χ4v) is 2.08. The number of rotatable bonds is 7. The Morgan fingerprint density at radius 1 is 1.47 bits per heavy atom. The maximum Gasteiger partial charge on any atom is 0.221 e. The molecular weight excluding hydrogens is 264 g/mol. The van der Waals surface area contributed by atoms with Gasteiger partial charge in [0, 0.05) is 36.1 Å². The van der Waals surface area contributed by atoms with Crippen LogP contribution in [0.15, 0.2) is 18.2 Å². The summed E-state index contributed by atoms with van der Waals surface area (Å²) in [5, 5.41) is 6.85. The minimum absolute atomic E-state index is 0.112. The largest absolute Gasteiger partial charge is 0.496 e. The van der Waals surface area contributed by atoms with Crippen molar-refractivity contribution in [3.63, 3.8) is 0 Å². The summed E-state index contributed by atoms with van der Waals surface area (Å²) in [7, 11) is 1.62. The van der Waals surface area contributed by atoms with E-state index in [0.717, 1.165) is 24.2 Å². The minimum atomic E-state index is 0.112. The average Bonchev–Trinajstić information content (AvgIpc) is 3.19. The normalized spacial score (nSPS) is 14.2. The number of ether oxygens (including phenoxy) is 1. The van der Waals surface area contributed by atoms with E-state index in [2.05, 4.69) is 10.6 Å². The molecule has 1 fully saturated rings. The first kappa shape index (κ1) is 14.2. The van der Waals surface area contributed by atoms with Crippen molar-refractivity contribution < 1.29 is 9.53 Å². The molecule has 1 amide bonds. The fraction of sp³-hybridized carbons (Fsp3) is 0.500. The second-order valence-corrected chi connectivity index (χ2v) is 5.10. The molecule has 5 heteroatoms. The van der Waals surface area contributed by atoms with Gasteiger partial charge in [-0.25, -0.2) is 0 Å². The standard InChI is InChI=1S/C14H19ClN2O2/c1-19-13-4-2-3-12(15)11(13)9-16-8-7-14(18)17-10-5-6-10/h2-4,10,16H,5-9H2,1H3,(H,17,18). The van der Waals surface area contributed by atoms with E-state index in [4.69, 9.17) is 16.3 Å². The van der Waals surface area contributed by atoms with Crippen LogP contribution in [-0.4, -0.2) is 25.6 Å². The maximum atomic E-state index is 11.5. The van der Waals surface area contributed by atoms with Crippen molar-refractivity contribution in [2.75, 3.05) is 13.7 Å². The molecule has 0 radical (unpaired) electrons. The molecule has 0 aromatic heterocycles. The number of methoxy groups -OCH3 is 1. The van der Waals surface area contributed by atoms with Crippen LogP contribution >= 0.6 is 11.6 Å². The van der Waals surface area contributed by atoms with Crippen LogP contribution < -0.4 is 15.4 Å². The lowest BCUT2D eigenvalue weighted by Gasteiger charge is -2.11. The molecule has 104 valence electrons. The molecule has 1 aliphatic rings. The lowest BCUT2D eigenvalue weighted by atomic mass is 10.2. The topological polar surface area (TPSA) is 50.4 Å². The smallest absolute Gasteiger partial charge is 0.221 e. The Balaban J connectivity index is 1.74. The number of hydrogen-bond acceptors (Lipinski definition) is 3. The van der Waals surface area contributed by atoms with Crippen molar-refractivity contribution in [3.8, 4) is 5.75 Å². The molecule has 19 heavy (non-hydrogen) atoms. The van der Waals surface area contributed by atoms with Crippen LogP contribution in [0.3, 0.4) is 0 Å². The van der Waals surface area contributed by atoms with E-state index >= 15 is 0 Å². The molecule has 0 atom stereocenters. The number of carbonyl (C=O) groups is 1. The van der Waals surface area contributed by atoms with Crippen molar-refractivity contribution in [2.45, 2.75) is 31.8 Å². The van der Waals surface area contributed by atoms with Gasteiger partial charge in [0.05, 0.1) is 7.11 Å². The molecule has 0 unspecified atom stereocenters. The molecule has 2 N–H and O–H groups in total. The van der Waals surface area contributed by atoms with Gasteiger partial charge in [0.2, 0.25) is 5.91 Å². The first-order valence-corrected chi connectivity index (χ1v) is 6.90. The van der Waals surface area contributed by atoms with Crippen LogP contribution in [0.1, 0.15) is 24.8 Å². The van der Waals surface area contributed by atoms with Gasteiger partial charge in [0.15, 0.2) is 0 Å². The molecule has 0 spiro atoms. The van der Waals surface area contributed by atoms with E-state index in [1.807, 2.05) is 18.2 Å². The highest BCUT2D eigenvalue weighted by Gasteiger charge is 2.22. The van der Waals surface area contributed by atoms with Crippen molar-refractivity contribution in [2.24, 2.45) is 0 Å². The van der Waals surface area contributed by atoms with Crippen molar-refractivity contribution >= 4 is 17.5 Å². The Bertz CT molecular complexity index is 447. The summed E-state index contributed by atoms with van der Waals surface area (Å²) in [6.07, 6.45) is 2.73. The zero-order valence-corrected chi connectivity index (χ0v) is 11.8. The molecule has 0 saturated heterocycles. The van der Waals surface area contributed by atoms with Crippen molar-refractivity contribution in [1.82, 2.24) is 10.6 Å². The third-order valence-electron chi connectivity index (χ3n) is 3.07. The van der Waals surface area contributed by atoms with Gasteiger partial charge >= 0.3 is 0 Å². The third kappa shape index (κ3) is 4.40. The SMILES string of the molecule is COc1cccc(Cl)c1CNCCC(=O)NC1CC1. The fourth-order valence-electron chi connectivity index (χ4n) is 1.84. The van der Waals surface area contributed by atoms with Crippen LogP contribution in [0.4, 0.5) is 0 Å². The zero-order chi connectivity index (χ0) is 13.7. The van der Waals surface area contributed by atoms with Gasteiger partial charge in [0.25, 0.3) is 0 Å². The lowest BCUT2D eigenvalue weighted by Crippen LogP contribution is -2.29. The predicted octanol–water partition coefficient (Wildman–Crippen LogP) is 2.11. The number of amides is 1. The molecular formula is C14H19ClN2O2. The Kier molecular flexibility index (Phi) is 5.05. The molecule has 0 bridgehead atoms. The maximum absolute atomic E-state index is 11.5. The van der Waals surface area contributed by atoms with Crippen LogP contribution in [-0.2, 0) is 11.3 Å². The second kappa shape index (κ2) is 6.78. The summed E-state index contributed by atoms with van der Waals surface area (Å²) < 4.78 is 5.26. The third-order valence-corrected chi connectivity index (χ3v) is 3.42. The summed E-state index contributed by atoms with van der Waals surface area (Å²) >= 11 is 6.13. The minimum Gasteiger partial charge on any atom is -0.496 e. The second-order valence-electron chi connectivity index (χ2n) is 4.69. The van der Waals surface area contributed by atoms with Crippen LogP contribution in [0.5, 0.6) is 5.75 Å². The van der Waals surface area contributed by atoms with Gasteiger partial charge in [-0.2, -0.15) is 0 Å². The Morgan fingerprint density at radius 3 is 2.95 bits per heavy atom. The number of halogens is 1. The average molecular weight is 283 g/mol. The molecule has 1 aliphatic carbocycles. The number of carbonyl (C=O) groups excluding carboxylic acids is 1. The summed E-state index contributed by atoms with van der Waals surface area (Å²) in [6.45, 7) is 1.23. The quantitative estimate of drug-likeness (QED) is 0.753. The van der Waals surface area contributed by atoms with Crippen LogP contribution in [0, 0.1) is 0 Å². The van der Waals surface area contributed by atoms with Crippen molar-refractivity contribution in [1.29, 1.82) is 0 Å². The number of nitrogens with one attached hydrogen (secondary N) is 2. The van der Waals surface area contributed by atoms with Crippen molar-refractivity contribution in [3.05, 3.63) is 28.8 Å². The molecule has 1 aromatic carbocycles. The van der Waals surface area contributed by atoms with Gasteiger partial charge in [0.1, 0.15) is 5.75 Å². The number of hydrogen-bond donors (Lipinski definition) is 2. The first-order chi connectivity index (χ1) is 9.20. The van der Waals surface area contributed by atoms with E-state index in [1.54, 1.807) is 7.11 Å². The van der Waals surface area contributed by atoms with Gasteiger partial charge < -0.3 is 15.4 Å². The van der Waals surface area contributed by atoms with E-state index < -0.39 is 0 Å². The summed E-state index contributed by atoms with van der Waals surface area (Å²) in [5.41, 5.74) is 0.925. The highest BCUT2D eigenvalue weighted by Crippen LogP contribution is 2.25. The predicted molar refractivity (Wildman–Crippen MR) is 75.5 cm³/mol. The van der Waals surface area contributed by atoms with E-state index in [0.29, 0.717) is 30.6 Å². The van der Waals surface area contributed by atoms with Gasteiger partial charge in [-0.3, -0.25) is 4.79 Å². The summed E-state index contributed by atoms with van der Waals surface area (Å²) in [4.78, 5) is 11.5. The lowest BCUT2D eigenvalue weighted by molar-refractivity contribution is -0.121. The molecule has 0 aliphatic heterocycles. The van der Waals surface area contributed by atoms with Gasteiger partial charge in [-0.05, 0) is 25.0 Å². The Morgan fingerprint density at radius 2 is 2.26 bits per heavy atom. The molecule has 1 saturated carbocycles. The van der Waals surface area contributed by atoms with E-state index in [9.17, 15) is 4.79 Å². The Hall–Kier alpha value is -1.26. The van der Waals surface area contributed by atoms with Crippen LogP contribution in [0.2, 0.25) is 5.02 Å². The van der Waals surface area contributed by atoms with Gasteiger partial charge in [-0.1, -0.05) is 17.7 Å². The van der Waals surface area contributed by atoms with Crippen LogP contribution in [0.25, 0.3) is 0 Å². The molecule has 2 rings (SSSR count). The monoisotopic (exact) mass is 282 g/mol. The molecule has 1 aromatic rings. The Labute approximate surface area is 118 Å². The molecule has 0 heterocycles. The number of benzene rings is 1. The van der Waals surface area contributed by atoms with E-state index in [1.165, 1.54) is 0 Å². The van der Waals surface area contributed by atoms with E-state index in [-0.39, 0.29) is 5.91 Å². The van der Waals surface area contributed by atoms with Gasteiger partial charge in [-0.15, -0.1) is 0 Å². The molecule has 4 nitrogen and oxygen atoms in total. The summed E-state index contributed by atoms with van der Waals surface area (Å²) in [5.74, 6) is 0.878.